The van der Waals surface area contributed by atoms with Gasteiger partial charge >= 0.3 is 0 Å². The summed E-state index contributed by atoms with van der Waals surface area (Å²) in [6.07, 6.45) is 2.23. The minimum absolute atomic E-state index is 0.780. The topological polar surface area (TPSA) is 9.23 Å². The fourth-order valence-corrected chi connectivity index (χ4v) is 4.27. The Morgan fingerprint density at radius 3 is 2.50 bits per heavy atom. The van der Waals surface area contributed by atoms with Crippen molar-refractivity contribution in [2.24, 2.45) is 0 Å². The zero-order valence-corrected chi connectivity index (χ0v) is 13.8. The van der Waals surface area contributed by atoms with Gasteiger partial charge in [-0.15, -0.1) is 0 Å². The number of benzene rings is 1. The molecular weight excluding hydrogens is 348 g/mol. The highest BCUT2D eigenvalue weighted by Crippen LogP contribution is 2.30. The summed E-state index contributed by atoms with van der Waals surface area (Å²) in [4.78, 5) is 1.23. The van der Waals surface area contributed by atoms with E-state index in [1.807, 2.05) is 12.1 Å². The summed E-state index contributed by atoms with van der Waals surface area (Å²) in [7, 11) is 3.37. The lowest BCUT2D eigenvalue weighted by molar-refractivity contribution is 0.310. The van der Waals surface area contributed by atoms with Gasteiger partial charge in [0.15, 0.2) is 0 Å². The quantitative estimate of drug-likeness (QED) is 0.280. The first kappa shape index (κ1) is 14.2. The maximum atomic E-state index is 5.67. The molecule has 0 saturated heterocycles. The molecule has 0 unspecified atom stereocenters. The Kier molecular flexibility index (Phi) is 5.82. The van der Waals surface area contributed by atoms with E-state index in [1.165, 1.54) is 10.4 Å². The van der Waals surface area contributed by atoms with Crippen LogP contribution in [0.4, 0.5) is 0 Å². The first-order valence-corrected chi connectivity index (χ1v) is 9.37. The van der Waals surface area contributed by atoms with Crippen molar-refractivity contribution in [2.45, 2.75) is 12.8 Å². The summed E-state index contributed by atoms with van der Waals surface area (Å²) < 4.78 is 6.62. The van der Waals surface area contributed by atoms with Gasteiger partial charge in [-0.2, -0.15) is 0 Å². The SMILES string of the molecule is S=c1cc(-c2ccc(OCCCCBr)cc2)ss1. The lowest BCUT2D eigenvalue weighted by Gasteiger charge is -2.05. The van der Waals surface area contributed by atoms with Crippen LogP contribution in [0.25, 0.3) is 10.4 Å². The van der Waals surface area contributed by atoms with Crippen LogP contribution in [0.3, 0.4) is 0 Å². The molecule has 1 heterocycles. The van der Waals surface area contributed by atoms with Crippen LogP contribution in [-0.2, 0) is 0 Å². The third-order valence-electron chi connectivity index (χ3n) is 2.40. The molecule has 0 atom stereocenters. The third-order valence-corrected chi connectivity index (χ3v) is 5.87. The van der Waals surface area contributed by atoms with Gasteiger partial charge in [-0.1, -0.05) is 48.8 Å². The molecule has 2 rings (SSSR count). The van der Waals surface area contributed by atoms with Crippen LogP contribution >= 0.6 is 48.8 Å². The molecule has 2 aromatic rings. The van der Waals surface area contributed by atoms with Gasteiger partial charge in [0.25, 0.3) is 0 Å². The van der Waals surface area contributed by atoms with E-state index in [0.29, 0.717) is 0 Å². The Labute approximate surface area is 128 Å². The molecule has 18 heavy (non-hydrogen) atoms. The van der Waals surface area contributed by atoms with Gasteiger partial charge in [-0.25, -0.2) is 0 Å². The third kappa shape index (κ3) is 4.16. The molecule has 0 bridgehead atoms. The van der Waals surface area contributed by atoms with Gasteiger partial charge in [-0.3, -0.25) is 0 Å². The van der Waals surface area contributed by atoms with Crippen molar-refractivity contribution in [1.82, 2.24) is 0 Å². The Morgan fingerprint density at radius 1 is 1.11 bits per heavy atom. The van der Waals surface area contributed by atoms with Gasteiger partial charge in [0.1, 0.15) is 9.57 Å². The molecule has 0 aliphatic rings. The molecule has 0 radical (unpaired) electrons. The number of hydrogen-bond acceptors (Lipinski definition) is 4. The molecule has 0 saturated carbocycles. The number of rotatable bonds is 6. The van der Waals surface area contributed by atoms with E-state index in [1.54, 1.807) is 20.7 Å². The molecule has 1 aromatic carbocycles. The number of alkyl halides is 1. The summed E-state index contributed by atoms with van der Waals surface area (Å²) >= 11 is 8.55. The van der Waals surface area contributed by atoms with Crippen molar-refractivity contribution in [2.75, 3.05) is 11.9 Å². The first-order chi connectivity index (χ1) is 8.79. The monoisotopic (exact) mass is 360 g/mol. The normalized spacial score (nSPS) is 10.5. The highest BCUT2D eigenvalue weighted by atomic mass is 79.9. The zero-order valence-electron chi connectivity index (χ0n) is 9.73. The number of halogens is 1. The van der Waals surface area contributed by atoms with Crippen molar-refractivity contribution in [3.8, 4) is 16.2 Å². The average molecular weight is 361 g/mol. The second-order valence-corrected chi connectivity index (χ2v) is 7.47. The molecule has 0 fully saturated rings. The molecule has 96 valence electrons. The fraction of sp³-hybridized carbons (Fsp3) is 0.308. The summed E-state index contributed by atoms with van der Waals surface area (Å²) in [6, 6.07) is 10.3. The number of hydrogen-bond donors (Lipinski definition) is 0. The van der Waals surface area contributed by atoms with Crippen LogP contribution in [0, 0.1) is 3.82 Å². The standard InChI is InChI=1S/C13H13BrOS3/c14-7-1-2-8-15-11-5-3-10(4-6-11)12-9-13(16)18-17-12/h3-6,9H,1-2,7-8H2. The maximum absolute atomic E-state index is 5.67. The summed E-state index contributed by atoms with van der Waals surface area (Å²) in [5.74, 6) is 0.937. The maximum Gasteiger partial charge on any atom is 0.119 e. The van der Waals surface area contributed by atoms with Crippen LogP contribution in [-0.4, -0.2) is 11.9 Å². The minimum Gasteiger partial charge on any atom is -0.494 e. The molecule has 0 aliphatic carbocycles. The Balaban J connectivity index is 1.95. The lowest BCUT2D eigenvalue weighted by atomic mass is 10.2. The van der Waals surface area contributed by atoms with Gasteiger partial charge in [0.2, 0.25) is 0 Å². The van der Waals surface area contributed by atoms with E-state index in [0.717, 1.165) is 34.4 Å². The molecule has 5 heteroatoms. The molecule has 0 aliphatic heterocycles. The second kappa shape index (κ2) is 7.38. The predicted molar refractivity (Wildman–Crippen MR) is 87.0 cm³/mol. The molecular formula is C13H13BrOS3. The van der Waals surface area contributed by atoms with Crippen LogP contribution in [0.2, 0.25) is 0 Å². The van der Waals surface area contributed by atoms with Crippen LogP contribution in [0.5, 0.6) is 5.75 Å². The highest BCUT2D eigenvalue weighted by Gasteiger charge is 2.01. The minimum atomic E-state index is 0.780. The fourth-order valence-electron chi connectivity index (χ4n) is 1.47. The summed E-state index contributed by atoms with van der Waals surface area (Å²) in [5.41, 5.74) is 1.21. The van der Waals surface area contributed by atoms with Crippen molar-refractivity contribution < 1.29 is 4.74 Å². The summed E-state index contributed by atoms with van der Waals surface area (Å²) in [5, 5.41) is 1.04. The molecule has 0 N–H and O–H groups in total. The van der Waals surface area contributed by atoms with Crippen LogP contribution in [0.15, 0.2) is 30.3 Å². The Bertz CT molecular complexity index is 530. The van der Waals surface area contributed by atoms with E-state index in [2.05, 4.69) is 34.1 Å². The van der Waals surface area contributed by atoms with Gasteiger partial charge in [0.05, 0.1) is 6.61 Å². The van der Waals surface area contributed by atoms with Crippen molar-refractivity contribution in [1.29, 1.82) is 0 Å². The lowest BCUT2D eigenvalue weighted by Crippen LogP contribution is -1.97. The average Bonchev–Trinajstić information content (AvgIpc) is 2.82. The zero-order chi connectivity index (χ0) is 12.8. The Hall–Kier alpha value is -0.230. The van der Waals surface area contributed by atoms with Crippen molar-refractivity contribution >= 4 is 48.8 Å². The predicted octanol–water partition coefficient (Wildman–Crippen LogP) is 5.76. The molecule has 1 aromatic heterocycles. The molecule has 0 spiro atoms. The molecule has 1 nitrogen and oxygen atoms in total. The number of unbranched alkanes of at least 4 members (excludes halogenated alkanes) is 1. The van der Waals surface area contributed by atoms with E-state index in [4.69, 9.17) is 17.0 Å². The van der Waals surface area contributed by atoms with E-state index < -0.39 is 0 Å². The van der Waals surface area contributed by atoms with Crippen molar-refractivity contribution in [3.05, 3.63) is 34.2 Å². The number of ether oxygens (including phenoxy) is 1. The van der Waals surface area contributed by atoms with E-state index >= 15 is 0 Å². The summed E-state index contributed by atoms with van der Waals surface area (Å²) in [6.45, 7) is 0.780. The molecule has 0 amide bonds. The first-order valence-electron chi connectivity index (χ1n) is 5.69. The van der Waals surface area contributed by atoms with E-state index in [9.17, 15) is 0 Å². The Morgan fingerprint density at radius 2 is 1.89 bits per heavy atom. The van der Waals surface area contributed by atoms with Crippen molar-refractivity contribution in [3.63, 3.8) is 0 Å². The van der Waals surface area contributed by atoms with Gasteiger partial charge in [0, 0.05) is 10.2 Å². The van der Waals surface area contributed by atoms with Gasteiger partial charge < -0.3 is 4.74 Å². The van der Waals surface area contributed by atoms with E-state index in [-0.39, 0.29) is 0 Å². The van der Waals surface area contributed by atoms with Crippen LogP contribution < -0.4 is 4.74 Å². The largest absolute Gasteiger partial charge is 0.494 e. The van der Waals surface area contributed by atoms with Gasteiger partial charge in [-0.05, 0) is 48.7 Å². The second-order valence-electron chi connectivity index (χ2n) is 3.76. The highest BCUT2D eigenvalue weighted by molar-refractivity contribution is 9.09. The smallest absolute Gasteiger partial charge is 0.119 e. The van der Waals surface area contributed by atoms with Crippen LogP contribution in [0.1, 0.15) is 12.8 Å².